The SMILES string of the molecule is COC(=O)[C@@H](Cc1ccccc1)NC(=O)c1oc2c(F)cccc2c1C. The molecule has 0 bridgehead atoms. The molecule has 0 radical (unpaired) electrons. The van der Waals surface area contributed by atoms with E-state index in [0.29, 0.717) is 10.9 Å². The third kappa shape index (κ3) is 3.44. The summed E-state index contributed by atoms with van der Waals surface area (Å²) in [4.78, 5) is 24.7. The number of methoxy groups -OCH3 is 1. The van der Waals surface area contributed by atoms with Crippen molar-refractivity contribution < 1.29 is 23.1 Å². The van der Waals surface area contributed by atoms with Gasteiger partial charge in [-0.1, -0.05) is 42.5 Å². The summed E-state index contributed by atoms with van der Waals surface area (Å²) in [6.45, 7) is 1.67. The summed E-state index contributed by atoms with van der Waals surface area (Å²) in [5.74, 6) is -1.72. The van der Waals surface area contributed by atoms with Crippen molar-refractivity contribution in [3.63, 3.8) is 0 Å². The number of aryl methyl sites for hydroxylation is 1. The summed E-state index contributed by atoms with van der Waals surface area (Å²) in [5, 5.41) is 3.15. The molecule has 0 unspecified atom stereocenters. The molecule has 5 nitrogen and oxygen atoms in total. The summed E-state index contributed by atoms with van der Waals surface area (Å²) < 4.78 is 24.1. The lowest BCUT2D eigenvalue weighted by Crippen LogP contribution is -2.43. The predicted octanol–water partition coefficient (Wildman–Crippen LogP) is 3.39. The van der Waals surface area contributed by atoms with Crippen molar-refractivity contribution in [2.75, 3.05) is 7.11 Å². The van der Waals surface area contributed by atoms with Crippen LogP contribution in [0.3, 0.4) is 0 Å². The standard InChI is InChI=1S/C20H18FNO4/c1-12-14-9-6-10-15(21)18(14)26-17(12)19(23)22-16(20(24)25-2)11-13-7-4-3-5-8-13/h3-10,16H,11H2,1-2H3,(H,22,23)/t16-/m1/s1. The van der Waals surface area contributed by atoms with E-state index in [4.69, 9.17) is 9.15 Å². The van der Waals surface area contributed by atoms with Gasteiger partial charge in [-0.05, 0) is 18.6 Å². The molecule has 1 aromatic heterocycles. The number of carbonyl (C=O) groups excluding carboxylic acids is 2. The number of benzene rings is 2. The second kappa shape index (κ2) is 7.39. The zero-order chi connectivity index (χ0) is 18.7. The number of amides is 1. The van der Waals surface area contributed by atoms with Gasteiger partial charge in [-0.15, -0.1) is 0 Å². The number of hydrogen-bond donors (Lipinski definition) is 1. The number of nitrogens with one attached hydrogen (secondary N) is 1. The quantitative estimate of drug-likeness (QED) is 0.712. The molecule has 3 rings (SSSR count). The number of carbonyl (C=O) groups is 2. The highest BCUT2D eigenvalue weighted by molar-refractivity contribution is 6.00. The van der Waals surface area contributed by atoms with E-state index in [2.05, 4.69) is 5.32 Å². The number of hydrogen-bond acceptors (Lipinski definition) is 4. The molecule has 1 heterocycles. The summed E-state index contributed by atoms with van der Waals surface area (Å²) >= 11 is 0. The van der Waals surface area contributed by atoms with Gasteiger partial charge >= 0.3 is 5.97 Å². The third-order valence-corrected chi connectivity index (χ3v) is 4.20. The Kier molecular flexibility index (Phi) is 5.02. The Labute approximate surface area is 149 Å². The smallest absolute Gasteiger partial charge is 0.328 e. The van der Waals surface area contributed by atoms with E-state index in [9.17, 15) is 14.0 Å². The van der Waals surface area contributed by atoms with Crippen molar-refractivity contribution in [3.8, 4) is 0 Å². The van der Waals surface area contributed by atoms with Gasteiger partial charge in [0.1, 0.15) is 6.04 Å². The van der Waals surface area contributed by atoms with Gasteiger partial charge in [-0.2, -0.15) is 0 Å². The summed E-state index contributed by atoms with van der Waals surface area (Å²) in [7, 11) is 1.26. The largest absolute Gasteiger partial charge is 0.467 e. The molecule has 0 aliphatic rings. The maximum atomic E-state index is 13.9. The van der Waals surface area contributed by atoms with E-state index < -0.39 is 23.7 Å². The Morgan fingerprint density at radius 2 is 1.88 bits per heavy atom. The van der Waals surface area contributed by atoms with Crippen molar-refractivity contribution in [1.82, 2.24) is 5.32 Å². The minimum atomic E-state index is -0.882. The van der Waals surface area contributed by atoms with Gasteiger partial charge in [0.05, 0.1) is 7.11 Å². The molecule has 0 fully saturated rings. The van der Waals surface area contributed by atoms with Crippen molar-refractivity contribution in [3.05, 3.63) is 71.2 Å². The fourth-order valence-electron chi connectivity index (χ4n) is 2.83. The molecule has 0 saturated heterocycles. The monoisotopic (exact) mass is 355 g/mol. The Bertz CT molecular complexity index is 949. The molecule has 1 amide bonds. The number of rotatable bonds is 5. The normalized spacial score (nSPS) is 12.0. The summed E-state index contributed by atoms with van der Waals surface area (Å²) in [6, 6.07) is 12.9. The van der Waals surface area contributed by atoms with Crippen LogP contribution in [0.1, 0.15) is 21.7 Å². The molecule has 0 saturated carbocycles. The molecule has 0 aliphatic heterocycles. The maximum Gasteiger partial charge on any atom is 0.328 e. The number of furan rings is 1. The topological polar surface area (TPSA) is 68.5 Å². The van der Waals surface area contributed by atoms with Gasteiger partial charge in [-0.3, -0.25) is 4.79 Å². The van der Waals surface area contributed by atoms with Gasteiger partial charge in [0.2, 0.25) is 0 Å². The van der Waals surface area contributed by atoms with E-state index in [1.165, 1.54) is 13.2 Å². The lowest BCUT2D eigenvalue weighted by Gasteiger charge is -2.16. The molecule has 3 aromatic rings. The highest BCUT2D eigenvalue weighted by Crippen LogP contribution is 2.27. The van der Waals surface area contributed by atoms with Crippen molar-refractivity contribution >= 4 is 22.8 Å². The fraction of sp³-hybridized carbons (Fsp3) is 0.200. The van der Waals surface area contributed by atoms with Crippen LogP contribution >= 0.6 is 0 Å². The van der Waals surface area contributed by atoms with Crippen LogP contribution in [0.15, 0.2) is 52.9 Å². The average molecular weight is 355 g/mol. The molecule has 26 heavy (non-hydrogen) atoms. The average Bonchev–Trinajstić information content (AvgIpc) is 3.00. The lowest BCUT2D eigenvalue weighted by molar-refractivity contribution is -0.142. The van der Waals surface area contributed by atoms with Crippen LogP contribution in [0.2, 0.25) is 0 Å². The van der Waals surface area contributed by atoms with Gasteiger partial charge < -0.3 is 14.5 Å². The van der Waals surface area contributed by atoms with Crippen LogP contribution in [0.5, 0.6) is 0 Å². The van der Waals surface area contributed by atoms with Crippen LogP contribution < -0.4 is 5.32 Å². The molecule has 1 N–H and O–H groups in total. The highest BCUT2D eigenvalue weighted by atomic mass is 19.1. The van der Waals surface area contributed by atoms with Crippen molar-refractivity contribution in [1.29, 1.82) is 0 Å². The van der Waals surface area contributed by atoms with Gasteiger partial charge in [0, 0.05) is 17.4 Å². The Hall–Kier alpha value is -3.15. The summed E-state index contributed by atoms with van der Waals surface area (Å²) in [5.41, 5.74) is 1.41. The molecular weight excluding hydrogens is 337 g/mol. The number of para-hydroxylation sites is 1. The van der Waals surface area contributed by atoms with Crippen LogP contribution in [0, 0.1) is 12.7 Å². The zero-order valence-corrected chi connectivity index (χ0v) is 14.4. The van der Waals surface area contributed by atoms with Crippen LogP contribution in [-0.4, -0.2) is 25.0 Å². The Morgan fingerprint density at radius 3 is 2.54 bits per heavy atom. The minimum Gasteiger partial charge on any atom is -0.467 e. The first kappa shape index (κ1) is 17.7. The first-order valence-corrected chi connectivity index (χ1v) is 8.11. The molecule has 0 aliphatic carbocycles. The molecular formula is C20H18FNO4. The first-order chi connectivity index (χ1) is 12.5. The number of ether oxygens (including phenoxy) is 1. The van der Waals surface area contributed by atoms with Gasteiger partial charge in [0.25, 0.3) is 5.91 Å². The Balaban J connectivity index is 1.87. The minimum absolute atomic E-state index is 0.0211. The maximum absolute atomic E-state index is 13.9. The summed E-state index contributed by atoms with van der Waals surface area (Å²) in [6.07, 6.45) is 0.271. The van der Waals surface area contributed by atoms with E-state index in [1.54, 1.807) is 19.1 Å². The fourth-order valence-corrected chi connectivity index (χ4v) is 2.83. The highest BCUT2D eigenvalue weighted by Gasteiger charge is 2.26. The van der Waals surface area contributed by atoms with Gasteiger partial charge in [0.15, 0.2) is 17.2 Å². The molecule has 1 atom stereocenters. The van der Waals surface area contributed by atoms with E-state index in [1.807, 2.05) is 30.3 Å². The second-order valence-corrected chi connectivity index (χ2v) is 5.91. The van der Waals surface area contributed by atoms with Crippen molar-refractivity contribution in [2.45, 2.75) is 19.4 Å². The number of halogens is 1. The second-order valence-electron chi connectivity index (χ2n) is 5.91. The predicted molar refractivity (Wildman–Crippen MR) is 94.3 cm³/mol. The molecule has 2 aromatic carbocycles. The van der Waals surface area contributed by atoms with Crippen molar-refractivity contribution in [2.24, 2.45) is 0 Å². The third-order valence-electron chi connectivity index (χ3n) is 4.20. The van der Waals surface area contributed by atoms with Crippen LogP contribution in [0.4, 0.5) is 4.39 Å². The van der Waals surface area contributed by atoms with E-state index in [0.717, 1.165) is 5.56 Å². The molecule has 0 spiro atoms. The molecule has 6 heteroatoms. The lowest BCUT2D eigenvalue weighted by atomic mass is 10.1. The van der Waals surface area contributed by atoms with E-state index in [-0.39, 0.29) is 17.8 Å². The molecule has 134 valence electrons. The Morgan fingerprint density at radius 1 is 1.15 bits per heavy atom. The van der Waals surface area contributed by atoms with Gasteiger partial charge in [-0.25, -0.2) is 9.18 Å². The van der Waals surface area contributed by atoms with Crippen LogP contribution in [0.25, 0.3) is 11.0 Å². The first-order valence-electron chi connectivity index (χ1n) is 8.11. The zero-order valence-electron chi connectivity index (χ0n) is 14.4. The number of fused-ring (bicyclic) bond motifs is 1. The number of esters is 1. The van der Waals surface area contributed by atoms with E-state index >= 15 is 0 Å². The van der Waals surface area contributed by atoms with Crippen LogP contribution in [-0.2, 0) is 16.0 Å².